The Labute approximate surface area is 104 Å². The van der Waals surface area contributed by atoms with Gasteiger partial charge in [0.25, 0.3) is 0 Å². The highest BCUT2D eigenvalue weighted by Crippen LogP contribution is 2.29. The van der Waals surface area contributed by atoms with E-state index in [9.17, 15) is 4.79 Å². The average Bonchev–Trinajstić information content (AvgIpc) is 2.90. The number of hydrogen-bond acceptors (Lipinski definition) is 5. The molecule has 0 N–H and O–H groups in total. The second-order valence-electron chi connectivity index (χ2n) is 4.46. The van der Waals surface area contributed by atoms with Crippen LogP contribution in [-0.4, -0.2) is 20.9 Å². The van der Waals surface area contributed by atoms with Crippen LogP contribution in [0.2, 0.25) is 0 Å². The zero-order valence-corrected chi connectivity index (χ0v) is 9.87. The smallest absolute Gasteiger partial charge is 0.237 e. The summed E-state index contributed by atoms with van der Waals surface area (Å²) in [5, 5.41) is 3.92. The molecular weight excluding hydrogens is 230 g/mol. The fourth-order valence-electron chi connectivity index (χ4n) is 2.23. The molecular formula is C13H13N3O2. The Morgan fingerprint density at radius 2 is 2.28 bits per heavy atom. The minimum atomic E-state index is -0.211. The van der Waals surface area contributed by atoms with E-state index in [1.807, 2.05) is 12.1 Å². The van der Waals surface area contributed by atoms with E-state index >= 15 is 0 Å². The normalized spacial score (nSPS) is 20.0. The Balaban J connectivity index is 1.87. The van der Waals surface area contributed by atoms with Crippen molar-refractivity contribution in [1.82, 2.24) is 15.1 Å². The Kier molecular flexibility index (Phi) is 2.88. The van der Waals surface area contributed by atoms with Crippen molar-refractivity contribution < 1.29 is 9.32 Å². The summed E-state index contributed by atoms with van der Waals surface area (Å²) in [4.78, 5) is 20.1. The van der Waals surface area contributed by atoms with E-state index in [1.54, 1.807) is 12.4 Å². The predicted molar refractivity (Wildman–Crippen MR) is 63.7 cm³/mol. The quantitative estimate of drug-likeness (QED) is 0.809. The maximum atomic E-state index is 11.8. The third-order valence-corrected chi connectivity index (χ3v) is 3.21. The van der Waals surface area contributed by atoms with E-state index in [0.29, 0.717) is 18.1 Å². The molecule has 18 heavy (non-hydrogen) atoms. The third-order valence-electron chi connectivity index (χ3n) is 3.21. The first-order valence-electron chi connectivity index (χ1n) is 6.11. The highest BCUT2D eigenvalue weighted by molar-refractivity contribution is 5.85. The molecule has 92 valence electrons. The summed E-state index contributed by atoms with van der Waals surface area (Å²) in [6.45, 7) is 0. The lowest BCUT2D eigenvalue weighted by Crippen LogP contribution is -2.17. The van der Waals surface area contributed by atoms with Gasteiger partial charge in [-0.05, 0) is 25.0 Å². The Hall–Kier alpha value is -2.04. The number of ketones is 1. The monoisotopic (exact) mass is 243 g/mol. The van der Waals surface area contributed by atoms with Crippen molar-refractivity contribution in [3.63, 3.8) is 0 Å². The highest BCUT2D eigenvalue weighted by Gasteiger charge is 2.29. The van der Waals surface area contributed by atoms with Crippen molar-refractivity contribution in [2.45, 2.75) is 31.6 Å². The van der Waals surface area contributed by atoms with Gasteiger partial charge in [0.15, 0.2) is 0 Å². The molecule has 1 saturated carbocycles. The summed E-state index contributed by atoms with van der Waals surface area (Å²) in [7, 11) is 0. The molecule has 2 aromatic heterocycles. The van der Waals surface area contributed by atoms with Gasteiger partial charge in [-0.25, -0.2) is 0 Å². The van der Waals surface area contributed by atoms with E-state index in [1.165, 1.54) is 0 Å². The van der Waals surface area contributed by atoms with E-state index in [0.717, 1.165) is 24.8 Å². The first-order valence-corrected chi connectivity index (χ1v) is 6.11. The van der Waals surface area contributed by atoms with Gasteiger partial charge in [0.1, 0.15) is 5.78 Å². The molecule has 0 saturated heterocycles. The van der Waals surface area contributed by atoms with Crippen molar-refractivity contribution >= 4 is 5.78 Å². The molecule has 1 aliphatic rings. The van der Waals surface area contributed by atoms with Gasteiger partial charge in [-0.15, -0.1) is 0 Å². The number of Topliss-reactive ketones (excluding diaryl/α,β-unsaturated/α-hetero) is 1. The number of carbonyl (C=O) groups excluding carboxylic acids is 1. The van der Waals surface area contributed by atoms with E-state index in [2.05, 4.69) is 15.1 Å². The molecule has 1 unspecified atom stereocenters. The molecule has 3 rings (SSSR count). The van der Waals surface area contributed by atoms with Crippen LogP contribution in [0.5, 0.6) is 0 Å². The fraction of sp³-hybridized carbons (Fsp3) is 0.385. The van der Waals surface area contributed by atoms with Gasteiger partial charge in [-0.3, -0.25) is 9.78 Å². The van der Waals surface area contributed by atoms with Crippen LogP contribution in [0.4, 0.5) is 0 Å². The summed E-state index contributed by atoms with van der Waals surface area (Å²) in [5.41, 5.74) is 0.802. The number of pyridine rings is 1. The zero-order valence-electron chi connectivity index (χ0n) is 9.87. The van der Waals surface area contributed by atoms with Gasteiger partial charge < -0.3 is 4.52 Å². The molecule has 1 aliphatic carbocycles. The van der Waals surface area contributed by atoms with Crippen molar-refractivity contribution in [3.8, 4) is 11.4 Å². The summed E-state index contributed by atoms with van der Waals surface area (Å²) >= 11 is 0. The highest BCUT2D eigenvalue weighted by atomic mass is 16.5. The van der Waals surface area contributed by atoms with Gasteiger partial charge in [-0.1, -0.05) is 11.6 Å². The summed E-state index contributed by atoms with van der Waals surface area (Å²) in [5.74, 6) is 0.939. The zero-order chi connectivity index (χ0) is 12.4. The topological polar surface area (TPSA) is 68.9 Å². The van der Waals surface area contributed by atoms with Gasteiger partial charge in [0.05, 0.1) is 5.92 Å². The fourth-order valence-corrected chi connectivity index (χ4v) is 2.23. The second kappa shape index (κ2) is 4.68. The minimum Gasteiger partial charge on any atom is -0.338 e. The summed E-state index contributed by atoms with van der Waals surface area (Å²) in [6, 6.07) is 3.68. The van der Waals surface area contributed by atoms with Gasteiger partial charge in [0, 0.05) is 24.4 Å². The van der Waals surface area contributed by atoms with Crippen molar-refractivity contribution in [2.75, 3.05) is 0 Å². The lowest BCUT2D eigenvalue weighted by atomic mass is 9.88. The molecule has 0 spiro atoms. The molecule has 2 aromatic rings. The van der Waals surface area contributed by atoms with Crippen LogP contribution < -0.4 is 0 Å². The minimum absolute atomic E-state index is 0.211. The Morgan fingerprint density at radius 1 is 1.33 bits per heavy atom. The third kappa shape index (κ3) is 2.03. The predicted octanol–water partition coefficient (Wildman–Crippen LogP) is 2.36. The molecule has 0 aromatic carbocycles. The van der Waals surface area contributed by atoms with Crippen LogP contribution in [0.1, 0.15) is 37.5 Å². The summed E-state index contributed by atoms with van der Waals surface area (Å²) in [6.07, 6.45) is 6.81. The van der Waals surface area contributed by atoms with Crippen LogP contribution in [0.15, 0.2) is 29.0 Å². The molecule has 0 bridgehead atoms. The Morgan fingerprint density at radius 3 is 3.06 bits per heavy atom. The van der Waals surface area contributed by atoms with Crippen LogP contribution in [-0.2, 0) is 4.79 Å². The number of carbonyl (C=O) groups is 1. The van der Waals surface area contributed by atoms with E-state index in [4.69, 9.17) is 4.52 Å². The molecule has 1 atom stereocenters. The lowest BCUT2D eigenvalue weighted by molar-refractivity contribution is -0.122. The molecule has 0 amide bonds. The van der Waals surface area contributed by atoms with Crippen LogP contribution in [0.3, 0.4) is 0 Å². The first-order chi connectivity index (χ1) is 8.84. The van der Waals surface area contributed by atoms with Gasteiger partial charge in [-0.2, -0.15) is 4.98 Å². The molecule has 1 fully saturated rings. The van der Waals surface area contributed by atoms with Crippen LogP contribution >= 0.6 is 0 Å². The Bertz CT molecular complexity index is 550. The van der Waals surface area contributed by atoms with Gasteiger partial charge >= 0.3 is 0 Å². The van der Waals surface area contributed by atoms with Gasteiger partial charge in [0.2, 0.25) is 11.7 Å². The van der Waals surface area contributed by atoms with Crippen molar-refractivity contribution in [3.05, 3.63) is 30.4 Å². The summed E-state index contributed by atoms with van der Waals surface area (Å²) < 4.78 is 5.22. The number of hydrogen-bond donors (Lipinski definition) is 0. The number of nitrogens with zero attached hydrogens (tertiary/aromatic N) is 3. The number of rotatable bonds is 2. The first kappa shape index (κ1) is 11.1. The van der Waals surface area contributed by atoms with E-state index in [-0.39, 0.29) is 11.7 Å². The standard InChI is InChI=1S/C13H13N3O2/c17-11-6-2-1-5-10(11)13-15-12(16-18-13)9-4-3-7-14-8-9/h3-4,7-8,10H,1-2,5-6H2. The molecule has 0 aliphatic heterocycles. The maximum Gasteiger partial charge on any atom is 0.237 e. The SMILES string of the molecule is O=C1CCCCC1c1nc(-c2cccnc2)no1. The van der Waals surface area contributed by atoms with Crippen molar-refractivity contribution in [2.24, 2.45) is 0 Å². The molecule has 0 radical (unpaired) electrons. The average molecular weight is 243 g/mol. The van der Waals surface area contributed by atoms with Crippen LogP contribution in [0.25, 0.3) is 11.4 Å². The van der Waals surface area contributed by atoms with E-state index < -0.39 is 0 Å². The lowest BCUT2D eigenvalue weighted by Gasteiger charge is -2.16. The van der Waals surface area contributed by atoms with Crippen molar-refractivity contribution in [1.29, 1.82) is 0 Å². The maximum absolute atomic E-state index is 11.8. The molecule has 5 nitrogen and oxygen atoms in total. The van der Waals surface area contributed by atoms with Crippen LogP contribution in [0, 0.1) is 0 Å². The molecule has 5 heteroatoms. The number of aromatic nitrogens is 3. The largest absolute Gasteiger partial charge is 0.338 e. The molecule has 2 heterocycles. The second-order valence-corrected chi connectivity index (χ2v) is 4.46.